The number of nitrogens with two attached hydrogens (primary N) is 1. The van der Waals surface area contributed by atoms with Gasteiger partial charge in [-0.25, -0.2) is 9.18 Å². The van der Waals surface area contributed by atoms with Crippen LogP contribution in [-0.2, 0) is 19.3 Å². The molecule has 3 aromatic heterocycles. The highest BCUT2D eigenvalue weighted by molar-refractivity contribution is 6.33. The van der Waals surface area contributed by atoms with Crippen LogP contribution >= 0.6 is 11.6 Å². The molecule has 8 nitrogen and oxygen atoms in total. The van der Waals surface area contributed by atoms with E-state index in [1.54, 1.807) is 13.1 Å². The number of ether oxygens (including phenoxy) is 1. The van der Waals surface area contributed by atoms with Crippen LogP contribution in [0.1, 0.15) is 27.9 Å². The Morgan fingerprint density at radius 2 is 1.86 bits per heavy atom. The van der Waals surface area contributed by atoms with E-state index in [2.05, 4.69) is 15.0 Å². The molecule has 0 aliphatic heterocycles. The molecule has 0 unspecified atom stereocenters. The van der Waals surface area contributed by atoms with Gasteiger partial charge in [-0.05, 0) is 31.5 Å². The monoisotopic (exact) mass is 510 g/mol. The molecule has 0 spiro atoms. The van der Waals surface area contributed by atoms with E-state index in [0.29, 0.717) is 23.1 Å². The van der Waals surface area contributed by atoms with Crippen LogP contribution in [0, 0.1) is 19.7 Å². The third-order valence-electron chi connectivity index (χ3n) is 5.59. The Hall–Kier alpha value is -3.67. The lowest BCUT2D eigenvalue weighted by molar-refractivity contribution is -0.138. The van der Waals surface area contributed by atoms with E-state index < -0.39 is 29.8 Å². The van der Waals surface area contributed by atoms with Crippen LogP contribution in [0.4, 0.5) is 23.5 Å². The normalized spacial score (nSPS) is 11.9. The largest absolute Gasteiger partial charge is 0.496 e. The van der Waals surface area contributed by atoms with E-state index in [1.807, 2.05) is 6.92 Å². The van der Waals surface area contributed by atoms with Gasteiger partial charge in [-0.2, -0.15) is 23.1 Å². The van der Waals surface area contributed by atoms with E-state index in [1.165, 1.54) is 11.7 Å². The molecule has 0 atom stereocenters. The fraction of sp³-hybridized carbons (Fsp3) is 0.273. The molecule has 4 aromatic rings. The number of nitrogens with zero attached hydrogens (tertiary/aromatic N) is 5. The van der Waals surface area contributed by atoms with Gasteiger partial charge in [-0.1, -0.05) is 17.7 Å². The number of aryl methyl sites for hydroxylation is 1. The van der Waals surface area contributed by atoms with E-state index in [4.69, 9.17) is 22.1 Å². The molecule has 0 saturated heterocycles. The first-order valence-electron chi connectivity index (χ1n) is 10.2. The number of hydrogen-bond acceptors (Lipinski definition) is 6. The zero-order valence-corrected chi connectivity index (χ0v) is 19.5. The van der Waals surface area contributed by atoms with Crippen molar-refractivity contribution in [1.82, 2.24) is 24.1 Å². The van der Waals surface area contributed by atoms with Crippen molar-refractivity contribution in [3.8, 4) is 5.75 Å². The van der Waals surface area contributed by atoms with Crippen LogP contribution in [0.5, 0.6) is 5.75 Å². The van der Waals surface area contributed by atoms with Crippen molar-refractivity contribution in [2.45, 2.75) is 33.1 Å². The summed E-state index contributed by atoms with van der Waals surface area (Å²) in [5.41, 5.74) is 5.40. The predicted molar refractivity (Wildman–Crippen MR) is 121 cm³/mol. The van der Waals surface area contributed by atoms with Crippen molar-refractivity contribution >= 4 is 28.7 Å². The number of halogens is 5. The molecule has 4 rings (SSSR count). The van der Waals surface area contributed by atoms with Crippen LogP contribution in [0.25, 0.3) is 11.2 Å². The number of alkyl halides is 3. The first kappa shape index (κ1) is 24.5. The van der Waals surface area contributed by atoms with E-state index in [9.17, 15) is 22.4 Å². The first-order valence-corrected chi connectivity index (χ1v) is 10.6. The Bertz CT molecular complexity index is 1510. The molecule has 0 bridgehead atoms. The standard InChI is InChI=1S/C22H19ClF4N6O2/c1-10-7-29-15(11(2)17(10)35-3)9-33-19-16(18(23)30-20(28)31-19)32(21(33)34)8-12-4-5-13(24)6-14(12)22(25,26)27/h4-7H,8-9H2,1-3H3,(H2,28,30,31). The number of hydrogen-bond donors (Lipinski definition) is 1. The minimum absolute atomic E-state index is 0.0138. The number of benzene rings is 1. The van der Waals surface area contributed by atoms with E-state index >= 15 is 0 Å². The second-order valence-corrected chi connectivity index (χ2v) is 8.20. The van der Waals surface area contributed by atoms with Gasteiger partial charge in [0.1, 0.15) is 17.1 Å². The van der Waals surface area contributed by atoms with Crippen molar-refractivity contribution in [1.29, 1.82) is 0 Å². The molecular weight excluding hydrogens is 492 g/mol. The lowest BCUT2D eigenvalue weighted by atomic mass is 10.1. The summed E-state index contributed by atoms with van der Waals surface area (Å²) in [5.74, 6) is -0.697. The molecule has 0 amide bonds. The molecule has 0 fully saturated rings. The van der Waals surface area contributed by atoms with Crippen LogP contribution < -0.4 is 16.2 Å². The molecule has 184 valence electrons. The van der Waals surface area contributed by atoms with Crippen molar-refractivity contribution in [3.63, 3.8) is 0 Å². The lowest BCUT2D eigenvalue weighted by Crippen LogP contribution is -2.26. The number of rotatable bonds is 5. The van der Waals surface area contributed by atoms with Crippen molar-refractivity contribution < 1.29 is 22.3 Å². The Balaban J connectivity index is 1.93. The Morgan fingerprint density at radius 1 is 1.14 bits per heavy atom. The highest BCUT2D eigenvalue weighted by Gasteiger charge is 2.34. The zero-order chi connectivity index (χ0) is 25.7. The maximum Gasteiger partial charge on any atom is 0.416 e. The third kappa shape index (κ3) is 4.41. The van der Waals surface area contributed by atoms with Crippen LogP contribution in [0.3, 0.4) is 0 Å². The summed E-state index contributed by atoms with van der Waals surface area (Å²) < 4.78 is 61.9. The summed E-state index contributed by atoms with van der Waals surface area (Å²) >= 11 is 6.25. The Labute approximate surface area is 201 Å². The van der Waals surface area contributed by atoms with E-state index in [-0.39, 0.29) is 34.4 Å². The number of nitrogen functional groups attached to an aromatic ring is 1. The quantitative estimate of drug-likeness (QED) is 0.320. The van der Waals surface area contributed by atoms with Gasteiger partial charge in [-0.3, -0.25) is 14.1 Å². The fourth-order valence-corrected chi connectivity index (χ4v) is 4.25. The van der Waals surface area contributed by atoms with Gasteiger partial charge < -0.3 is 10.5 Å². The van der Waals surface area contributed by atoms with Crippen molar-refractivity contribution in [2.24, 2.45) is 0 Å². The highest BCUT2D eigenvalue weighted by Crippen LogP contribution is 2.34. The van der Waals surface area contributed by atoms with Crippen LogP contribution in [0.2, 0.25) is 5.15 Å². The molecule has 1 aromatic carbocycles. The Kier molecular flexibility index (Phi) is 6.18. The van der Waals surface area contributed by atoms with Gasteiger partial charge in [0.25, 0.3) is 0 Å². The van der Waals surface area contributed by atoms with Crippen molar-refractivity contribution in [3.05, 3.63) is 73.8 Å². The Morgan fingerprint density at radius 3 is 2.51 bits per heavy atom. The fourth-order valence-electron chi connectivity index (χ4n) is 3.97. The summed E-state index contributed by atoms with van der Waals surface area (Å²) in [4.78, 5) is 25.8. The maximum absolute atomic E-state index is 13.6. The average molecular weight is 511 g/mol. The second-order valence-electron chi connectivity index (χ2n) is 7.85. The smallest absolute Gasteiger partial charge is 0.416 e. The molecule has 0 radical (unpaired) electrons. The molecule has 0 aliphatic carbocycles. The van der Waals surface area contributed by atoms with Crippen LogP contribution in [0.15, 0.2) is 29.2 Å². The van der Waals surface area contributed by atoms with Gasteiger partial charge in [0.15, 0.2) is 10.8 Å². The topological polar surface area (TPSA) is 101 Å². The third-order valence-corrected chi connectivity index (χ3v) is 5.85. The minimum Gasteiger partial charge on any atom is -0.496 e. The van der Waals surface area contributed by atoms with Crippen LogP contribution in [-0.4, -0.2) is 31.2 Å². The van der Waals surface area contributed by atoms with Gasteiger partial charge in [0.2, 0.25) is 5.95 Å². The maximum atomic E-state index is 13.6. The highest BCUT2D eigenvalue weighted by atomic mass is 35.5. The van der Waals surface area contributed by atoms with Crippen molar-refractivity contribution in [2.75, 3.05) is 12.8 Å². The van der Waals surface area contributed by atoms with Gasteiger partial charge in [0, 0.05) is 17.3 Å². The number of pyridine rings is 1. The number of aromatic nitrogens is 5. The molecule has 0 aliphatic rings. The number of methoxy groups -OCH3 is 1. The molecule has 3 heterocycles. The van der Waals surface area contributed by atoms with Gasteiger partial charge in [0.05, 0.1) is 31.5 Å². The minimum atomic E-state index is -4.84. The molecule has 2 N–H and O–H groups in total. The predicted octanol–water partition coefficient (Wildman–Crippen LogP) is 4.10. The van der Waals surface area contributed by atoms with Gasteiger partial charge in [-0.15, -0.1) is 0 Å². The SMILES string of the molecule is COc1c(C)cnc(Cn2c(=O)n(Cc3ccc(F)cc3C(F)(F)F)c3c(Cl)nc(N)nc32)c1C. The summed E-state index contributed by atoms with van der Waals surface area (Å²) in [5, 5.41) is -0.217. The van der Waals surface area contributed by atoms with E-state index in [0.717, 1.165) is 22.3 Å². The molecule has 13 heteroatoms. The summed E-state index contributed by atoms with van der Waals surface area (Å²) in [6, 6.07) is 2.23. The first-order chi connectivity index (χ1) is 16.4. The molecule has 0 saturated carbocycles. The number of fused-ring (bicyclic) bond motifs is 1. The summed E-state index contributed by atoms with van der Waals surface area (Å²) in [6.07, 6.45) is -3.26. The number of anilines is 1. The zero-order valence-electron chi connectivity index (χ0n) is 18.7. The number of imidazole rings is 1. The average Bonchev–Trinajstić information content (AvgIpc) is 3.02. The molecular formula is C22H19ClF4N6O2. The van der Waals surface area contributed by atoms with Gasteiger partial charge >= 0.3 is 11.9 Å². The lowest BCUT2D eigenvalue weighted by Gasteiger charge is -2.13. The summed E-state index contributed by atoms with van der Waals surface area (Å²) in [7, 11) is 1.51. The second kappa shape index (κ2) is 8.84. The summed E-state index contributed by atoms with van der Waals surface area (Å²) in [6.45, 7) is 2.93. The molecule has 35 heavy (non-hydrogen) atoms.